The summed E-state index contributed by atoms with van der Waals surface area (Å²) in [5.74, 6) is -0.284. The van der Waals surface area contributed by atoms with Crippen molar-refractivity contribution in [1.82, 2.24) is 10.2 Å². The topological polar surface area (TPSA) is 96.0 Å². The highest BCUT2D eigenvalue weighted by Gasteiger charge is 2.35. The van der Waals surface area contributed by atoms with Crippen molar-refractivity contribution in [1.29, 1.82) is 0 Å². The maximum Gasteiger partial charge on any atom is 0.264 e. The van der Waals surface area contributed by atoms with Gasteiger partial charge in [-0.1, -0.05) is 74.3 Å². The number of ether oxygens (including phenoxy) is 1. The number of halogens is 2. The zero-order valence-corrected chi connectivity index (χ0v) is 29.9. The summed E-state index contributed by atoms with van der Waals surface area (Å²) in [5, 5.41) is 2.97. The van der Waals surface area contributed by atoms with Crippen molar-refractivity contribution < 1.29 is 22.7 Å². The van der Waals surface area contributed by atoms with E-state index < -0.39 is 28.5 Å². The first-order chi connectivity index (χ1) is 22.0. The molecule has 4 aromatic rings. The van der Waals surface area contributed by atoms with Crippen molar-refractivity contribution in [3.63, 3.8) is 0 Å². The molecular weight excluding hydrogens is 734 g/mol. The summed E-state index contributed by atoms with van der Waals surface area (Å²) in [6, 6.07) is 28.6. The van der Waals surface area contributed by atoms with E-state index in [-0.39, 0.29) is 35.5 Å². The Morgan fingerprint density at radius 3 is 1.96 bits per heavy atom. The maximum atomic E-state index is 14.5. The average molecular weight is 772 g/mol. The third-order valence-corrected chi connectivity index (χ3v) is 9.93. The van der Waals surface area contributed by atoms with Gasteiger partial charge in [-0.3, -0.25) is 13.9 Å². The van der Waals surface area contributed by atoms with Gasteiger partial charge in [-0.05, 0) is 92.6 Å². The van der Waals surface area contributed by atoms with Gasteiger partial charge in [-0.2, -0.15) is 0 Å². The monoisotopic (exact) mass is 769 g/mol. The lowest BCUT2D eigenvalue weighted by Crippen LogP contribution is -2.54. The van der Waals surface area contributed by atoms with Crippen LogP contribution in [0, 0.1) is 0 Å². The number of carbonyl (C=O) groups excluding carboxylic acids is 2. The third-order valence-electron chi connectivity index (χ3n) is 7.08. The molecule has 1 unspecified atom stereocenters. The number of anilines is 1. The van der Waals surface area contributed by atoms with E-state index in [1.165, 1.54) is 17.0 Å². The van der Waals surface area contributed by atoms with Crippen LogP contribution in [0.25, 0.3) is 0 Å². The molecule has 242 valence electrons. The van der Waals surface area contributed by atoms with E-state index >= 15 is 0 Å². The number of hydrogen-bond donors (Lipinski definition) is 1. The van der Waals surface area contributed by atoms with Gasteiger partial charge >= 0.3 is 0 Å². The van der Waals surface area contributed by atoms with Gasteiger partial charge in [0.1, 0.15) is 18.3 Å². The molecule has 0 aliphatic heterocycles. The molecule has 0 saturated carbocycles. The van der Waals surface area contributed by atoms with Crippen LogP contribution in [0.2, 0.25) is 0 Å². The van der Waals surface area contributed by atoms with Gasteiger partial charge < -0.3 is 15.0 Å². The SMILES string of the molecule is CCOc1ccc(N(CC(=O)N(Cc2ccc(Br)cc2)C(Cc2ccccc2)C(=O)NC(C)C)S(=O)(=O)c2ccc(Br)cc2)cc1. The van der Waals surface area contributed by atoms with Gasteiger partial charge in [-0.25, -0.2) is 8.42 Å². The van der Waals surface area contributed by atoms with E-state index in [4.69, 9.17) is 4.74 Å². The number of hydrogen-bond acceptors (Lipinski definition) is 5. The summed E-state index contributed by atoms with van der Waals surface area (Å²) in [6.45, 7) is 5.57. The Bertz CT molecular complexity index is 1700. The molecule has 4 aromatic carbocycles. The fraction of sp³-hybridized carbons (Fsp3) is 0.257. The minimum Gasteiger partial charge on any atom is -0.494 e. The van der Waals surface area contributed by atoms with E-state index in [1.807, 2.05) is 75.4 Å². The second kappa shape index (κ2) is 16.2. The fourth-order valence-corrected chi connectivity index (χ4v) is 6.80. The molecule has 0 aliphatic carbocycles. The van der Waals surface area contributed by atoms with Crippen LogP contribution in [0.15, 0.2) is 117 Å². The van der Waals surface area contributed by atoms with Crippen molar-refractivity contribution >= 4 is 59.4 Å². The number of rotatable bonds is 14. The van der Waals surface area contributed by atoms with E-state index in [9.17, 15) is 18.0 Å². The quantitative estimate of drug-likeness (QED) is 0.150. The second-order valence-electron chi connectivity index (χ2n) is 10.9. The van der Waals surface area contributed by atoms with Crippen molar-refractivity contribution in [2.24, 2.45) is 0 Å². The van der Waals surface area contributed by atoms with Crippen LogP contribution in [-0.4, -0.2) is 50.4 Å². The zero-order chi connectivity index (χ0) is 33.3. The molecule has 0 bridgehead atoms. The van der Waals surface area contributed by atoms with E-state index in [0.717, 1.165) is 24.4 Å². The molecule has 0 fully saturated rings. The largest absolute Gasteiger partial charge is 0.494 e. The molecule has 8 nitrogen and oxygen atoms in total. The normalized spacial score (nSPS) is 12.0. The Morgan fingerprint density at radius 1 is 0.804 bits per heavy atom. The molecule has 0 heterocycles. The number of nitrogens with zero attached hydrogens (tertiary/aromatic N) is 2. The first kappa shape index (κ1) is 35.2. The molecular formula is C35H37Br2N3O5S. The Balaban J connectivity index is 1.80. The van der Waals surface area contributed by atoms with Crippen LogP contribution < -0.4 is 14.4 Å². The van der Waals surface area contributed by atoms with Gasteiger partial charge in [0.05, 0.1) is 17.2 Å². The highest BCUT2D eigenvalue weighted by Crippen LogP contribution is 2.28. The molecule has 2 amide bonds. The lowest BCUT2D eigenvalue weighted by Gasteiger charge is -2.34. The predicted octanol–water partition coefficient (Wildman–Crippen LogP) is 6.97. The van der Waals surface area contributed by atoms with Gasteiger partial charge in [-0.15, -0.1) is 0 Å². The van der Waals surface area contributed by atoms with Crippen LogP contribution in [0.4, 0.5) is 5.69 Å². The van der Waals surface area contributed by atoms with Crippen LogP contribution in [0.1, 0.15) is 31.9 Å². The first-order valence-electron chi connectivity index (χ1n) is 14.9. The van der Waals surface area contributed by atoms with E-state index in [0.29, 0.717) is 12.4 Å². The molecule has 0 aliphatic rings. The number of sulfonamides is 1. The summed E-state index contributed by atoms with van der Waals surface area (Å²) >= 11 is 6.82. The summed E-state index contributed by atoms with van der Waals surface area (Å²) < 4.78 is 36.6. The summed E-state index contributed by atoms with van der Waals surface area (Å²) in [7, 11) is -4.21. The molecule has 0 spiro atoms. The van der Waals surface area contributed by atoms with Crippen molar-refractivity contribution in [3.05, 3.63) is 123 Å². The molecule has 46 heavy (non-hydrogen) atoms. The van der Waals surface area contributed by atoms with E-state index in [1.54, 1.807) is 36.4 Å². The molecule has 1 atom stereocenters. The van der Waals surface area contributed by atoms with Crippen LogP contribution in [0.3, 0.4) is 0 Å². The van der Waals surface area contributed by atoms with Gasteiger partial charge in [0.15, 0.2) is 0 Å². The Morgan fingerprint density at radius 2 is 1.39 bits per heavy atom. The zero-order valence-electron chi connectivity index (χ0n) is 25.9. The van der Waals surface area contributed by atoms with E-state index in [2.05, 4.69) is 37.2 Å². The standard InChI is InChI=1S/C35H37Br2N3O5S/c1-4-45-31-18-16-30(17-19-31)40(46(43,44)32-20-14-29(37)15-21-32)24-34(41)39(23-27-10-12-28(36)13-11-27)33(35(42)38-25(2)3)22-26-8-6-5-7-9-26/h5-21,25,33H,4,22-24H2,1-3H3,(H,38,42). The lowest BCUT2D eigenvalue weighted by molar-refractivity contribution is -0.140. The minimum atomic E-state index is -4.21. The molecule has 11 heteroatoms. The molecule has 0 aromatic heterocycles. The maximum absolute atomic E-state index is 14.5. The fourth-order valence-electron chi connectivity index (χ4n) is 4.86. The van der Waals surface area contributed by atoms with Crippen molar-refractivity contribution in [2.75, 3.05) is 17.5 Å². The number of amides is 2. The van der Waals surface area contributed by atoms with Crippen LogP contribution in [-0.2, 0) is 32.6 Å². The smallest absolute Gasteiger partial charge is 0.264 e. The molecule has 4 rings (SSSR count). The Labute approximate surface area is 288 Å². The average Bonchev–Trinajstić information content (AvgIpc) is 3.03. The number of carbonyl (C=O) groups is 2. The van der Waals surface area contributed by atoms with Gasteiger partial charge in [0, 0.05) is 28.0 Å². The Kier molecular flexibility index (Phi) is 12.4. The van der Waals surface area contributed by atoms with Crippen LogP contribution >= 0.6 is 31.9 Å². The highest BCUT2D eigenvalue weighted by atomic mass is 79.9. The summed E-state index contributed by atoms with van der Waals surface area (Å²) in [4.78, 5) is 29.8. The van der Waals surface area contributed by atoms with Crippen molar-refractivity contribution in [3.8, 4) is 5.75 Å². The first-order valence-corrected chi connectivity index (χ1v) is 17.9. The van der Waals surface area contributed by atoms with Crippen LogP contribution in [0.5, 0.6) is 5.75 Å². The number of benzene rings is 4. The third kappa shape index (κ3) is 9.43. The summed E-state index contributed by atoms with van der Waals surface area (Å²) in [5.41, 5.74) is 1.94. The molecule has 1 N–H and O–H groups in total. The summed E-state index contributed by atoms with van der Waals surface area (Å²) in [6.07, 6.45) is 0.240. The van der Waals surface area contributed by atoms with Crippen molar-refractivity contribution in [2.45, 2.75) is 50.7 Å². The molecule has 0 saturated heterocycles. The predicted molar refractivity (Wildman–Crippen MR) is 188 cm³/mol. The second-order valence-corrected chi connectivity index (χ2v) is 14.6. The van der Waals surface area contributed by atoms with Gasteiger partial charge in [0.25, 0.3) is 10.0 Å². The minimum absolute atomic E-state index is 0.0234. The Hall–Kier alpha value is -3.67. The number of nitrogens with one attached hydrogen (secondary N) is 1. The molecule has 0 radical (unpaired) electrons. The highest BCUT2D eigenvalue weighted by molar-refractivity contribution is 9.10. The lowest BCUT2D eigenvalue weighted by atomic mass is 10.0. The van der Waals surface area contributed by atoms with Gasteiger partial charge in [0.2, 0.25) is 11.8 Å².